The number of nitrogens with two attached hydrogens (primary N) is 1. The van der Waals surface area contributed by atoms with Crippen LogP contribution in [-0.4, -0.2) is 29.4 Å². The van der Waals surface area contributed by atoms with E-state index in [0.717, 1.165) is 0 Å². The van der Waals surface area contributed by atoms with Crippen LogP contribution in [0, 0.1) is 0 Å². The van der Waals surface area contributed by atoms with Crippen molar-refractivity contribution in [3.63, 3.8) is 0 Å². The fourth-order valence-corrected chi connectivity index (χ4v) is 1.02. The molecule has 5 heteroatoms. The molecular weight excluding hydrogens is 194 g/mol. The number of primary amides is 1. The van der Waals surface area contributed by atoms with E-state index in [4.69, 9.17) is 5.73 Å². The van der Waals surface area contributed by atoms with Gasteiger partial charge in [0.2, 0.25) is 11.8 Å². The molecule has 0 heterocycles. The topological polar surface area (TPSA) is 84.2 Å². The number of nitrogens with one attached hydrogen (secondary N) is 2. The maximum atomic E-state index is 11.8. The second-order valence-corrected chi connectivity index (χ2v) is 4.60. The summed E-state index contributed by atoms with van der Waals surface area (Å²) in [5, 5.41) is 5.62. The van der Waals surface area contributed by atoms with E-state index in [-0.39, 0.29) is 5.91 Å². The Morgan fingerprint density at radius 2 is 1.60 bits per heavy atom. The third kappa shape index (κ3) is 3.87. The number of carbonyl (C=O) groups is 2. The summed E-state index contributed by atoms with van der Waals surface area (Å²) in [5.74, 6) is -0.795. The molecule has 0 atom stereocenters. The lowest BCUT2D eigenvalue weighted by atomic mass is 9.99. The molecule has 0 radical (unpaired) electrons. The first-order valence-corrected chi connectivity index (χ1v) is 5.01. The van der Waals surface area contributed by atoms with Crippen LogP contribution in [0.1, 0.15) is 34.6 Å². The van der Waals surface area contributed by atoms with Crippen LogP contribution in [0.2, 0.25) is 0 Å². The normalized spacial score (nSPS) is 12.3. The Morgan fingerprint density at radius 3 is 1.93 bits per heavy atom. The number of rotatable bonds is 5. The molecule has 15 heavy (non-hydrogen) atoms. The zero-order valence-electron chi connectivity index (χ0n) is 10.1. The molecule has 0 aliphatic rings. The minimum absolute atomic E-state index is 0.242. The van der Waals surface area contributed by atoms with Gasteiger partial charge in [-0.15, -0.1) is 0 Å². The van der Waals surface area contributed by atoms with Gasteiger partial charge in [-0.3, -0.25) is 9.59 Å². The van der Waals surface area contributed by atoms with E-state index in [0.29, 0.717) is 6.54 Å². The minimum atomic E-state index is -1.02. The summed E-state index contributed by atoms with van der Waals surface area (Å²) < 4.78 is 0. The van der Waals surface area contributed by atoms with Gasteiger partial charge in [0.1, 0.15) is 5.54 Å². The summed E-state index contributed by atoms with van der Waals surface area (Å²) in [5.41, 5.74) is 3.43. The van der Waals surface area contributed by atoms with Crippen molar-refractivity contribution in [1.82, 2.24) is 10.6 Å². The van der Waals surface area contributed by atoms with Crippen molar-refractivity contribution < 1.29 is 9.59 Å². The quantitative estimate of drug-likeness (QED) is 0.591. The Morgan fingerprint density at radius 1 is 1.13 bits per heavy atom. The van der Waals surface area contributed by atoms with Crippen molar-refractivity contribution in [3.8, 4) is 0 Å². The van der Waals surface area contributed by atoms with Gasteiger partial charge in [-0.25, -0.2) is 0 Å². The van der Waals surface area contributed by atoms with Gasteiger partial charge in [0, 0.05) is 0 Å². The van der Waals surface area contributed by atoms with E-state index in [1.54, 1.807) is 27.7 Å². The van der Waals surface area contributed by atoms with Gasteiger partial charge in [0.25, 0.3) is 0 Å². The van der Waals surface area contributed by atoms with Gasteiger partial charge in [-0.2, -0.15) is 0 Å². The fourth-order valence-electron chi connectivity index (χ4n) is 1.02. The highest BCUT2D eigenvalue weighted by molar-refractivity contribution is 5.93. The molecule has 4 N–H and O–H groups in total. The maximum Gasteiger partial charge on any atom is 0.242 e. The molecule has 0 aliphatic heterocycles. The van der Waals surface area contributed by atoms with Gasteiger partial charge in [0.15, 0.2) is 0 Å². The fraction of sp³-hybridized carbons (Fsp3) is 0.800. The first kappa shape index (κ1) is 13.9. The van der Waals surface area contributed by atoms with Crippen LogP contribution in [-0.2, 0) is 9.59 Å². The standard InChI is InChI=1S/C10H21N3O2/c1-6-12-10(4,5)8(15)13-9(2,3)7(11)14/h12H,6H2,1-5H3,(H2,11,14)(H,13,15). The van der Waals surface area contributed by atoms with Gasteiger partial charge >= 0.3 is 0 Å². The first-order chi connectivity index (χ1) is 6.63. The molecule has 0 spiro atoms. The van der Waals surface area contributed by atoms with Gasteiger partial charge in [-0.1, -0.05) is 6.92 Å². The lowest BCUT2D eigenvalue weighted by molar-refractivity contribution is -0.133. The van der Waals surface area contributed by atoms with Crippen molar-refractivity contribution in [2.45, 2.75) is 45.7 Å². The second-order valence-electron chi connectivity index (χ2n) is 4.60. The molecule has 0 rings (SSSR count). The predicted octanol–water partition coefficient (Wildman–Crippen LogP) is -0.245. The van der Waals surface area contributed by atoms with Crippen molar-refractivity contribution in [3.05, 3.63) is 0 Å². The minimum Gasteiger partial charge on any atom is -0.368 e. The van der Waals surface area contributed by atoms with Crippen LogP contribution in [0.15, 0.2) is 0 Å². The van der Waals surface area contributed by atoms with E-state index in [2.05, 4.69) is 10.6 Å². The third-order valence-corrected chi connectivity index (χ3v) is 2.23. The number of amides is 2. The molecular formula is C10H21N3O2. The van der Waals surface area contributed by atoms with Crippen molar-refractivity contribution in [2.24, 2.45) is 5.73 Å². The Labute approximate surface area is 90.8 Å². The van der Waals surface area contributed by atoms with Crippen LogP contribution in [0.4, 0.5) is 0 Å². The second kappa shape index (κ2) is 4.61. The highest BCUT2D eigenvalue weighted by atomic mass is 16.2. The molecule has 0 aromatic carbocycles. The lowest BCUT2D eigenvalue weighted by Crippen LogP contribution is -2.61. The van der Waals surface area contributed by atoms with Crippen molar-refractivity contribution in [2.75, 3.05) is 6.54 Å². The van der Waals surface area contributed by atoms with Crippen molar-refractivity contribution >= 4 is 11.8 Å². The maximum absolute atomic E-state index is 11.8. The number of likely N-dealkylation sites (N-methyl/N-ethyl adjacent to an activating group) is 1. The van der Waals surface area contributed by atoms with Crippen LogP contribution in [0.5, 0.6) is 0 Å². The van der Waals surface area contributed by atoms with E-state index in [1.807, 2.05) is 6.92 Å². The zero-order chi connectivity index (χ0) is 12.3. The molecule has 2 amide bonds. The van der Waals surface area contributed by atoms with Gasteiger partial charge in [-0.05, 0) is 34.2 Å². The molecule has 88 valence electrons. The summed E-state index contributed by atoms with van der Waals surface area (Å²) >= 11 is 0. The SMILES string of the molecule is CCNC(C)(C)C(=O)NC(C)(C)C(N)=O. The summed E-state index contributed by atoms with van der Waals surface area (Å²) in [4.78, 5) is 22.8. The number of carbonyl (C=O) groups excluding carboxylic acids is 2. The van der Waals surface area contributed by atoms with Gasteiger partial charge < -0.3 is 16.4 Å². The average Bonchev–Trinajstić information content (AvgIpc) is 2.02. The van der Waals surface area contributed by atoms with Crippen LogP contribution >= 0.6 is 0 Å². The van der Waals surface area contributed by atoms with Gasteiger partial charge in [0.05, 0.1) is 5.54 Å². The Bertz CT molecular complexity index is 259. The van der Waals surface area contributed by atoms with E-state index in [1.165, 1.54) is 0 Å². The summed E-state index contributed by atoms with van der Waals surface area (Å²) in [6.07, 6.45) is 0. The Balaban J connectivity index is 4.56. The highest BCUT2D eigenvalue weighted by Crippen LogP contribution is 2.07. The third-order valence-electron chi connectivity index (χ3n) is 2.23. The van der Waals surface area contributed by atoms with Crippen molar-refractivity contribution in [1.29, 1.82) is 0 Å². The van der Waals surface area contributed by atoms with Crippen LogP contribution in [0.25, 0.3) is 0 Å². The summed E-state index contributed by atoms with van der Waals surface area (Å²) in [6, 6.07) is 0. The number of hydrogen-bond donors (Lipinski definition) is 3. The molecule has 0 saturated heterocycles. The Kier molecular flexibility index (Phi) is 4.27. The van der Waals surface area contributed by atoms with E-state index >= 15 is 0 Å². The van der Waals surface area contributed by atoms with E-state index < -0.39 is 17.0 Å². The molecule has 0 saturated carbocycles. The lowest BCUT2D eigenvalue weighted by Gasteiger charge is -2.30. The molecule has 0 fully saturated rings. The molecule has 5 nitrogen and oxygen atoms in total. The highest BCUT2D eigenvalue weighted by Gasteiger charge is 2.33. The molecule has 0 aromatic heterocycles. The molecule has 0 aromatic rings. The predicted molar refractivity (Wildman–Crippen MR) is 59.2 cm³/mol. The van der Waals surface area contributed by atoms with Crippen LogP contribution in [0.3, 0.4) is 0 Å². The smallest absolute Gasteiger partial charge is 0.242 e. The van der Waals surface area contributed by atoms with E-state index in [9.17, 15) is 9.59 Å². The zero-order valence-corrected chi connectivity index (χ0v) is 10.1. The largest absolute Gasteiger partial charge is 0.368 e. The summed E-state index contributed by atoms with van der Waals surface area (Å²) in [7, 11) is 0. The van der Waals surface area contributed by atoms with Crippen LogP contribution < -0.4 is 16.4 Å². The average molecular weight is 215 g/mol. The Hall–Kier alpha value is -1.10. The molecule has 0 unspecified atom stereocenters. The monoisotopic (exact) mass is 215 g/mol. The molecule has 0 aliphatic carbocycles. The number of hydrogen-bond acceptors (Lipinski definition) is 3. The summed E-state index contributed by atoms with van der Waals surface area (Å²) in [6.45, 7) is 9.25. The first-order valence-electron chi connectivity index (χ1n) is 5.01. The molecule has 0 bridgehead atoms.